The Hall–Kier alpha value is -1.11. The summed E-state index contributed by atoms with van der Waals surface area (Å²) in [6, 6.07) is 6.21. The van der Waals surface area contributed by atoms with Gasteiger partial charge in [0.15, 0.2) is 0 Å². The Morgan fingerprint density at radius 3 is 1.83 bits per heavy atom. The maximum Gasteiger partial charge on any atom is 0.0404 e. The lowest BCUT2D eigenvalue weighted by atomic mass is 10.2. The van der Waals surface area contributed by atoms with Crippen molar-refractivity contribution in [2.24, 2.45) is 0 Å². The fourth-order valence-corrected chi connectivity index (χ4v) is 0.923. The number of rotatable bonds is 2. The summed E-state index contributed by atoms with van der Waals surface area (Å²) in [6.07, 6.45) is 2.07. The lowest BCUT2D eigenvalue weighted by Gasteiger charge is -1.97. The van der Waals surface area contributed by atoms with Crippen molar-refractivity contribution in [3.8, 4) is 0 Å². The molecule has 1 heteroatoms. The van der Waals surface area contributed by atoms with Crippen LogP contribution in [0, 0.1) is 0 Å². The Morgan fingerprint density at radius 2 is 1.50 bits per heavy atom. The summed E-state index contributed by atoms with van der Waals surface area (Å²) in [5.74, 6) is 0. The van der Waals surface area contributed by atoms with Crippen LogP contribution in [-0.2, 0) is 12.8 Å². The third-order valence-electron chi connectivity index (χ3n) is 1.59. The molecule has 0 saturated carbocycles. The fourth-order valence-electron chi connectivity index (χ4n) is 0.923. The zero-order valence-corrected chi connectivity index (χ0v) is 8.01. The van der Waals surface area contributed by atoms with E-state index in [0.29, 0.717) is 0 Å². The smallest absolute Gasteiger partial charge is 0.0404 e. The van der Waals surface area contributed by atoms with Gasteiger partial charge in [-0.15, -0.1) is 13.2 Å². The second kappa shape index (κ2) is 6.59. The number of aryl methyl sites for hydroxylation is 2. The van der Waals surface area contributed by atoms with Crippen LogP contribution < -0.4 is 0 Å². The van der Waals surface area contributed by atoms with Crippen molar-refractivity contribution in [3.05, 3.63) is 42.7 Å². The number of hydrogen-bond acceptors (Lipinski definition) is 1. The molecule has 0 bridgehead atoms. The zero-order chi connectivity index (χ0) is 9.40. The van der Waals surface area contributed by atoms with Crippen LogP contribution in [0.4, 0.5) is 0 Å². The standard InChI is InChI=1S/C9H13N.C2H4/c1-3-8-6-5-7-9(4-2)10-8;1-2/h5-7H,3-4H2,1-2H3;1-2H2. The first kappa shape index (κ1) is 10.9. The van der Waals surface area contributed by atoms with E-state index in [-0.39, 0.29) is 0 Å². The van der Waals surface area contributed by atoms with Crippen molar-refractivity contribution >= 4 is 0 Å². The molecular weight excluding hydrogens is 146 g/mol. The average Bonchev–Trinajstić information content (AvgIpc) is 2.21. The van der Waals surface area contributed by atoms with Crippen LogP contribution >= 0.6 is 0 Å². The maximum atomic E-state index is 4.41. The third-order valence-corrected chi connectivity index (χ3v) is 1.59. The topological polar surface area (TPSA) is 12.9 Å². The highest BCUT2D eigenvalue weighted by Gasteiger charge is 1.91. The van der Waals surface area contributed by atoms with Gasteiger partial charge in [0, 0.05) is 11.4 Å². The molecule has 1 heterocycles. The molecule has 0 aliphatic rings. The van der Waals surface area contributed by atoms with Gasteiger partial charge >= 0.3 is 0 Å². The normalized spacial score (nSPS) is 8.50. The van der Waals surface area contributed by atoms with Gasteiger partial charge in [0.05, 0.1) is 0 Å². The Kier molecular flexibility index (Phi) is 5.98. The Balaban J connectivity index is 0.000000561. The zero-order valence-electron chi connectivity index (χ0n) is 8.01. The van der Waals surface area contributed by atoms with Crippen LogP contribution in [0.5, 0.6) is 0 Å². The van der Waals surface area contributed by atoms with E-state index in [9.17, 15) is 0 Å². The van der Waals surface area contributed by atoms with E-state index >= 15 is 0 Å². The van der Waals surface area contributed by atoms with Crippen LogP contribution in [-0.4, -0.2) is 4.98 Å². The monoisotopic (exact) mass is 163 g/mol. The van der Waals surface area contributed by atoms with Crippen LogP contribution in [0.2, 0.25) is 0 Å². The van der Waals surface area contributed by atoms with Crippen LogP contribution in [0.25, 0.3) is 0 Å². The average molecular weight is 163 g/mol. The predicted molar refractivity (Wildman–Crippen MR) is 54.2 cm³/mol. The lowest BCUT2D eigenvalue weighted by molar-refractivity contribution is 0.955. The lowest BCUT2D eigenvalue weighted by Crippen LogP contribution is -1.91. The second-order valence-corrected chi connectivity index (χ2v) is 2.33. The molecule has 1 nitrogen and oxygen atoms in total. The van der Waals surface area contributed by atoms with Gasteiger partial charge in [0.1, 0.15) is 0 Å². The van der Waals surface area contributed by atoms with Gasteiger partial charge in [-0.3, -0.25) is 4.98 Å². The predicted octanol–water partition coefficient (Wildman–Crippen LogP) is 3.01. The summed E-state index contributed by atoms with van der Waals surface area (Å²) < 4.78 is 0. The molecule has 1 aromatic heterocycles. The first-order chi connectivity index (χ1) is 5.86. The maximum absolute atomic E-state index is 4.41. The number of hydrogen-bond donors (Lipinski definition) is 0. The molecule has 0 fully saturated rings. The van der Waals surface area contributed by atoms with Gasteiger partial charge < -0.3 is 0 Å². The first-order valence-electron chi connectivity index (χ1n) is 4.31. The van der Waals surface area contributed by atoms with Crippen LogP contribution in [0.3, 0.4) is 0 Å². The van der Waals surface area contributed by atoms with Gasteiger partial charge in [0.2, 0.25) is 0 Å². The SMILES string of the molecule is C=C.CCc1cccc(CC)n1. The summed E-state index contributed by atoms with van der Waals surface area (Å²) in [6.45, 7) is 10.3. The summed E-state index contributed by atoms with van der Waals surface area (Å²) >= 11 is 0. The highest BCUT2D eigenvalue weighted by atomic mass is 14.7. The molecule has 1 aromatic rings. The molecule has 0 unspecified atom stereocenters. The van der Waals surface area contributed by atoms with Gasteiger partial charge in [0.25, 0.3) is 0 Å². The molecule has 0 atom stereocenters. The molecule has 1 rings (SSSR count). The molecule has 0 saturated heterocycles. The van der Waals surface area contributed by atoms with Gasteiger partial charge in [-0.1, -0.05) is 19.9 Å². The van der Waals surface area contributed by atoms with Gasteiger partial charge in [-0.05, 0) is 25.0 Å². The molecule has 12 heavy (non-hydrogen) atoms. The quantitative estimate of drug-likeness (QED) is 0.611. The van der Waals surface area contributed by atoms with Crippen LogP contribution in [0.15, 0.2) is 31.4 Å². The second-order valence-electron chi connectivity index (χ2n) is 2.33. The van der Waals surface area contributed by atoms with E-state index in [1.54, 1.807) is 0 Å². The fraction of sp³-hybridized carbons (Fsp3) is 0.364. The largest absolute Gasteiger partial charge is 0.258 e. The van der Waals surface area contributed by atoms with Crippen molar-refractivity contribution in [2.75, 3.05) is 0 Å². The summed E-state index contributed by atoms with van der Waals surface area (Å²) in [5, 5.41) is 0. The van der Waals surface area contributed by atoms with Crippen molar-refractivity contribution < 1.29 is 0 Å². The van der Waals surface area contributed by atoms with E-state index < -0.39 is 0 Å². The van der Waals surface area contributed by atoms with Crippen molar-refractivity contribution in [1.29, 1.82) is 0 Å². The first-order valence-corrected chi connectivity index (χ1v) is 4.31. The molecule has 0 aromatic carbocycles. The number of aromatic nitrogens is 1. The number of pyridine rings is 1. The van der Waals surface area contributed by atoms with E-state index in [4.69, 9.17) is 0 Å². The third kappa shape index (κ3) is 3.33. The van der Waals surface area contributed by atoms with E-state index in [0.717, 1.165) is 12.8 Å². The molecule has 66 valence electrons. The molecule has 0 spiro atoms. The molecule has 0 N–H and O–H groups in total. The van der Waals surface area contributed by atoms with Crippen molar-refractivity contribution in [3.63, 3.8) is 0 Å². The minimum absolute atomic E-state index is 1.04. The van der Waals surface area contributed by atoms with E-state index in [1.165, 1.54) is 11.4 Å². The highest BCUT2D eigenvalue weighted by Crippen LogP contribution is 1.99. The summed E-state index contributed by atoms with van der Waals surface area (Å²) in [7, 11) is 0. The molecular formula is C11H17N. The van der Waals surface area contributed by atoms with Crippen molar-refractivity contribution in [2.45, 2.75) is 26.7 Å². The molecule has 0 aliphatic carbocycles. The summed E-state index contributed by atoms with van der Waals surface area (Å²) in [4.78, 5) is 4.41. The highest BCUT2D eigenvalue weighted by molar-refractivity contribution is 5.10. The number of nitrogens with zero attached hydrogens (tertiary/aromatic N) is 1. The van der Waals surface area contributed by atoms with E-state index in [2.05, 4.69) is 50.2 Å². The van der Waals surface area contributed by atoms with Crippen LogP contribution in [0.1, 0.15) is 25.2 Å². The van der Waals surface area contributed by atoms with Gasteiger partial charge in [-0.2, -0.15) is 0 Å². The van der Waals surface area contributed by atoms with Gasteiger partial charge in [-0.25, -0.2) is 0 Å². The van der Waals surface area contributed by atoms with E-state index in [1.807, 2.05) is 0 Å². The molecule has 0 aliphatic heterocycles. The Morgan fingerprint density at radius 1 is 1.08 bits per heavy atom. The molecule has 0 radical (unpaired) electrons. The Labute approximate surface area is 75.2 Å². The summed E-state index contributed by atoms with van der Waals surface area (Å²) in [5.41, 5.74) is 2.39. The minimum Gasteiger partial charge on any atom is -0.258 e. The molecule has 0 amide bonds. The Bertz CT molecular complexity index is 199. The minimum atomic E-state index is 1.04. The van der Waals surface area contributed by atoms with Crippen molar-refractivity contribution in [1.82, 2.24) is 4.98 Å².